The molecule has 0 N–H and O–H groups in total. The maximum Gasteiger partial charge on any atom is 4.00 e. The van der Waals surface area contributed by atoms with Crippen LogP contribution in [0.2, 0.25) is 0 Å². The van der Waals surface area contributed by atoms with E-state index in [9.17, 15) is 10.4 Å². The SMILES string of the molecule is [Cl-].[Cl-].[Cl-].[Cl-].[O-][n+]1ccccc1SSc1cccc[n+]1[O-].[Zr+4]. The van der Waals surface area contributed by atoms with Crippen LogP contribution in [0.25, 0.3) is 0 Å². The third-order valence-corrected chi connectivity index (χ3v) is 4.12. The summed E-state index contributed by atoms with van der Waals surface area (Å²) in [4.78, 5) is 0. The second kappa shape index (κ2) is 15.5. The van der Waals surface area contributed by atoms with Gasteiger partial charge >= 0.3 is 26.2 Å². The van der Waals surface area contributed by atoms with Crippen molar-refractivity contribution in [2.45, 2.75) is 10.1 Å². The van der Waals surface area contributed by atoms with Crippen molar-refractivity contribution in [1.29, 1.82) is 0 Å². The van der Waals surface area contributed by atoms with Crippen LogP contribution in [0.1, 0.15) is 0 Å². The van der Waals surface area contributed by atoms with Crippen LogP contribution in [0.3, 0.4) is 0 Å². The molecular formula is C10H8Cl4N2O2S2Zr. The third kappa shape index (κ3) is 9.39. The first-order valence-electron chi connectivity index (χ1n) is 4.48. The second-order valence-corrected chi connectivity index (χ2v) is 5.07. The average molecular weight is 485 g/mol. The molecule has 0 saturated heterocycles. The molecule has 0 fully saturated rings. The maximum atomic E-state index is 11.3. The zero-order chi connectivity index (χ0) is 11.4. The molecule has 0 bridgehead atoms. The number of rotatable bonds is 3. The Labute approximate surface area is 174 Å². The van der Waals surface area contributed by atoms with Gasteiger partial charge < -0.3 is 60.0 Å². The fourth-order valence-corrected chi connectivity index (χ4v) is 3.03. The molecule has 0 atom stereocenters. The van der Waals surface area contributed by atoms with E-state index in [0.29, 0.717) is 10.1 Å². The minimum atomic E-state index is 0. The molecule has 21 heavy (non-hydrogen) atoms. The van der Waals surface area contributed by atoms with Crippen LogP contribution in [0.4, 0.5) is 0 Å². The molecule has 0 aliphatic carbocycles. The van der Waals surface area contributed by atoms with Crippen molar-refractivity contribution in [1.82, 2.24) is 0 Å². The molecule has 0 unspecified atom stereocenters. The number of halogens is 4. The van der Waals surface area contributed by atoms with Gasteiger partial charge in [-0.3, -0.25) is 0 Å². The van der Waals surface area contributed by atoms with Crippen LogP contribution < -0.4 is 59.1 Å². The zero-order valence-corrected chi connectivity index (χ0v) is 17.3. The average Bonchev–Trinajstić information content (AvgIpc) is 2.30. The molecule has 114 valence electrons. The molecule has 0 aromatic carbocycles. The summed E-state index contributed by atoms with van der Waals surface area (Å²) in [7, 11) is 2.52. The minimum absolute atomic E-state index is 0. The van der Waals surface area contributed by atoms with E-state index in [4.69, 9.17) is 0 Å². The summed E-state index contributed by atoms with van der Waals surface area (Å²) >= 11 is 0. The smallest absolute Gasteiger partial charge is 1.00 e. The fraction of sp³-hybridized carbons (Fsp3) is 0. The van der Waals surface area contributed by atoms with Crippen LogP contribution in [0.5, 0.6) is 0 Å². The fourth-order valence-electron chi connectivity index (χ4n) is 1.04. The predicted octanol–water partition coefficient (Wildman–Crippen LogP) is -10.2. The summed E-state index contributed by atoms with van der Waals surface area (Å²) in [5.41, 5.74) is 0. The number of hydrogen-bond acceptors (Lipinski definition) is 4. The zero-order valence-electron chi connectivity index (χ0n) is 10.2. The largest absolute Gasteiger partial charge is 4.00 e. The topological polar surface area (TPSA) is 53.9 Å². The van der Waals surface area contributed by atoms with Crippen molar-refractivity contribution >= 4 is 21.6 Å². The van der Waals surface area contributed by atoms with Gasteiger partial charge in [0.25, 0.3) is 10.1 Å². The monoisotopic (exact) mass is 482 g/mol. The molecule has 0 spiro atoms. The van der Waals surface area contributed by atoms with E-state index in [1.165, 1.54) is 34.0 Å². The Morgan fingerprint density at radius 1 is 0.667 bits per heavy atom. The molecule has 2 aromatic rings. The van der Waals surface area contributed by atoms with Gasteiger partial charge in [0, 0.05) is 45.9 Å². The van der Waals surface area contributed by atoms with Crippen LogP contribution in [0.15, 0.2) is 58.8 Å². The number of nitrogens with zero attached hydrogens (tertiary/aromatic N) is 2. The normalized spacial score (nSPS) is 7.81. The van der Waals surface area contributed by atoms with Crippen LogP contribution >= 0.6 is 21.6 Å². The van der Waals surface area contributed by atoms with E-state index in [0.717, 1.165) is 9.46 Å². The second-order valence-electron chi connectivity index (χ2n) is 2.90. The number of pyridine rings is 2. The molecule has 0 saturated carbocycles. The van der Waals surface area contributed by atoms with Crippen LogP contribution in [-0.2, 0) is 26.2 Å². The van der Waals surface area contributed by atoms with E-state index in [-0.39, 0.29) is 75.8 Å². The summed E-state index contributed by atoms with van der Waals surface area (Å²) in [6.45, 7) is 0. The molecule has 2 rings (SSSR count). The van der Waals surface area contributed by atoms with Gasteiger partial charge in [-0.05, 0) is 12.1 Å². The Balaban J connectivity index is -0.000000289. The minimum Gasteiger partial charge on any atom is -1.00 e. The molecule has 0 radical (unpaired) electrons. The predicted molar refractivity (Wildman–Crippen MR) is 62.5 cm³/mol. The van der Waals surface area contributed by atoms with E-state index in [1.54, 1.807) is 36.4 Å². The Morgan fingerprint density at radius 2 is 1.00 bits per heavy atom. The van der Waals surface area contributed by atoms with Gasteiger partial charge in [0.05, 0.1) is 0 Å². The van der Waals surface area contributed by atoms with Crippen molar-refractivity contribution in [2.75, 3.05) is 0 Å². The maximum absolute atomic E-state index is 11.3. The molecule has 0 aliphatic heterocycles. The van der Waals surface area contributed by atoms with E-state index in [2.05, 4.69) is 0 Å². The molecule has 2 aromatic heterocycles. The van der Waals surface area contributed by atoms with Crippen LogP contribution in [-0.4, -0.2) is 0 Å². The summed E-state index contributed by atoms with van der Waals surface area (Å²) < 4.78 is 1.55. The van der Waals surface area contributed by atoms with Crippen molar-refractivity contribution in [3.63, 3.8) is 0 Å². The first-order valence-corrected chi connectivity index (χ1v) is 6.63. The summed E-state index contributed by atoms with van der Waals surface area (Å²) in [6.07, 6.45) is 2.86. The first-order chi connectivity index (χ1) is 7.77. The van der Waals surface area contributed by atoms with E-state index >= 15 is 0 Å². The molecule has 11 heteroatoms. The van der Waals surface area contributed by atoms with Gasteiger partial charge in [-0.1, -0.05) is 0 Å². The number of hydrogen-bond donors (Lipinski definition) is 0. The van der Waals surface area contributed by atoms with Gasteiger partial charge in [0.15, 0.2) is 12.4 Å². The van der Waals surface area contributed by atoms with Crippen molar-refractivity contribution in [3.8, 4) is 0 Å². The molecule has 0 aliphatic rings. The quantitative estimate of drug-likeness (QED) is 0.246. The Hall–Kier alpha value is 0.643. The summed E-state index contributed by atoms with van der Waals surface area (Å²) in [5, 5.41) is 23.8. The Morgan fingerprint density at radius 3 is 1.29 bits per heavy atom. The van der Waals surface area contributed by atoms with Gasteiger partial charge in [-0.2, -0.15) is 9.46 Å². The van der Waals surface area contributed by atoms with Gasteiger partial charge in [-0.25, -0.2) is 0 Å². The molecular weight excluding hydrogens is 477 g/mol. The van der Waals surface area contributed by atoms with Crippen molar-refractivity contribution in [2.24, 2.45) is 0 Å². The summed E-state index contributed by atoms with van der Waals surface area (Å²) in [5.74, 6) is 0. The summed E-state index contributed by atoms with van der Waals surface area (Å²) in [6, 6.07) is 10.3. The van der Waals surface area contributed by atoms with Gasteiger partial charge in [0.1, 0.15) is 0 Å². The van der Waals surface area contributed by atoms with Crippen molar-refractivity contribution < 1.29 is 85.3 Å². The molecule has 2 heterocycles. The first kappa shape index (κ1) is 29.6. The number of aromatic nitrogens is 2. The standard InChI is InChI=1S/C10H8N2O2S2.4ClH.Zr/c13-11-7-3-1-5-9(11)15-16-10-6-2-4-8-12(10)14;;;;;/h1-8H;4*1H;/q;;;;;+4/p-4. The van der Waals surface area contributed by atoms with Crippen LogP contribution in [0, 0.1) is 10.4 Å². The van der Waals surface area contributed by atoms with Crippen molar-refractivity contribution in [3.05, 3.63) is 59.2 Å². The van der Waals surface area contributed by atoms with E-state index in [1.807, 2.05) is 0 Å². The van der Waals surface area contributed by atoms with Gasteiger partial charge in [-0.15, -0.1) is 0 Å². The van der Waals surface area contributed by atoms with Gasteiger partial charge in [0.2, 0.25) is 0 Å². The Bertz CT molecular complexity index is 468. The van der Waals surface area contributed by atoms with E-state index < -0.39 is 0 Å². The molecule has 0 amide bonds. The Kier molecular flexibility index (Phi) is 21.9. The molecule has 4 nitrogen and oxygen atoms in total. The third-order valence-electron chi connectivity index (χ3n) is 1.79.